The lowest BCUT2D eigenvalue weighted by molar-refractivity contribution is 0.187. The van der Waals surface area contributed by atoms with Gasteiger partial charge in [-0.05, 0) is 28.8 Å². The van der Waals surface area contributed by atoms with Crippen molar-refractivity contribution in [3.05, 3.63) is 15.9 Å². The second kappa shape index (κ2) is 6.37. The molecule has 1 heterocycles. The van der Waals surface area contributed by atoms with Crippen molar-refractivity contribution >= 4 is 15.9 Å². The molecule has 1 aromatic heterocycles. The zero-order valence-corrected chi connectivity index (χ0v) is 11.7. The summed E-state index contributed by atoms with van der Waals surface area (Å²) in [7, 11) is 3.66. The molecule has 16 heavy (non-hydrogen) atoms. The quantitative estimate of drug-likeness (QED) is 0.866. The first-order valence-electron chi connectivity index (χ1n) is 5.54. The van der Waals surface area contributed by atoms with E-state index in [-0.39, 0.29) is 6.04 Å². The molecule has 0 amide bonds. The van der Waals surface area contributed by atoms with Crippen LogP contribution in [0.15, 0.2) is 4.47 Å². The minimum Gasteiger partial charge on any atom is -0.385 e. The molecule has 2 N–H and O–H groups in total. The molecule has 0 radical (unpaired) electrons. The van der Waals surface area contributed by atoms with E-state index in [4.69, 9.17) is 10.5 Å². The third-order valence-electron chi connectivity index (χ3n) is 2.65. The van der Waals surface area contributed by atoms with Crippen LogP contribution >= 0.6 is 15.9 Å². The molecule has 5 heteroatoms. The summed E-state index contributed by atoms with van der Waals surface area (Å²) in [5.41, 5.74) is 8.30. The van der Waals surface area contributed by atoms with Gasteiger partial charge in [-0.2, -0.15) is 5.10 Å². The van der Waals surface area contributed by atoms with Crippen molar-refractivity contribution < 1.29 is 4.74 Å². The van der Waals surface area contributed by atoms with Gasteiger partial charge in [-0.3, -0.25) is 4.68 Å². The number of hydrogen-bond donors (Lipinski definition) is 1. The summed E-state index contributed by atoms with van der Waals surface area (Å²) in [6.07, 6.45) is 2.63. The highest BCUT2D eigenvalue weighted by molar-refractivity contribution is 9.10. The van der Waals surface area contributed by atoms with Gasteiger partial charge < -0.3 is 10.5 Å². The molecule has 1 atom stereocenters. The minimum atomic E-state index is 0.122. The van der Waals surface area contributed by atoms with Gasteiger partial charge in [0, 0.05) is 33.2 Å². The Bertz CT molecular complexity index is 338. The monoisotopic (exact) mass is 289 g/mol. The summed E-state index contributed by atoms with van der Waals surface area (Å²) in [5.74, 6) is 0. The maximum atomic E-state index is 6.04. The second-order valence-electron chi connectivity index (χ2n) is 3.93. The number of hydrogen-bond acceptors (Lipinski definition) is 3. The van der Waals surface area contributed by atoms with Gasteiger partial charge in [-0.1, -0.05) is 6.92 Å². The molecule has 1 unspecified atom stereocenters. The molecule has 0 spiro atoms. The van der Waals surface area contributed by atoms with E-state index in [9.17, 15) is 0 Å². The molecular weight excluding hydrogens is 270 g/mol. The molecule has 0 aromatic carbocycles. The summed E-state index contributed by atoms with van der Waals surface area (Å²) >= 11 is 3.59. The average molecular weight is 290 g/mol. The molecule has 0 saturated carbocycles. The third-order valence-corrected chi connectivity index (χ3v) is 3.57. The van der Waals surface area contributed by atoms with Crippen molar-refractivity contribution in [3.8, 4) is 0 Å². The fraction of sp³-hybridized carbons (Fsp3) is 0.727. The Labute approximate surface area is 105 Å². The Kier molecular flexibility index (Phi) is 5.44. The number of ether oxygens (including phenoxy) is 1. The molecule has 0 aliphatic carbocycles. The minimum absolute atomic E-state index is 0.122. The number of halogens is 1. The lowest BCUT2D eigenvalue weighted by atomic mass is 10.1. The molecule has 92 valence electrons. The van der Waals surface area contributed by atoms with Crippen LogP contribution in [0.4, 0.5) is 0 Å². The lowest BCUT2D eigenvalue weighted by Crippen LogP contribution is -2.25. The number of methoxy groups -OCH3 is 1. The molecule has 1 aromatic rings. The van der Waals surface area contributed by atoms with Gasteiger partial charge >= 0.3 is 0 Å². The van der Waals surface area contributed by atoms with Crippen molar-refractivity contribution in [1.29, 1.82) is 0 Å². The summed E-state index contributed by atoms with van der Waals surface area (Å²) < 4.78 is 8.04. The highest BCUT2D eigenvalue weighted by Crippen LogP contribution is 2.22. The zero-order valence-electron chi connectivity index (χ0n) is 10.2. The molecule has 4 nitrogen and oxygen atoms in total. The smallest absolute Gasteiger partial charge is 0.0766 e. The van der Waals surface area contributed by atoms with E-state index in [2.05, 4.69) is 28.0 Å². The van der Waals surface area contributed by atoms with Crippen LogP contribution in [-0.4, -0.2) is 29.5 Å². The number of nitrogens with zero attached hydrogens (tertiary/aromatic N) is 2. The van der Waals surface area contributed by atoms with E-state index < -0.39 is 0 Å². The van der Waals surface area contributed by atoms with E-state index in [1.807, 2.05) is 11.7 Å². The number of aryl methyl sites for hydroxylation is 2. The Morgan fingerprint density at radius 2 is 2.25 bits per heavy atom. The van der Waals surface area contributed by atoms with E-state index in [1.165, 1.54) is 5.69 Å². The van der Waals surface area contributed by atoms with Crippen LogP contribution in [-0.2, 0) is 24.6 Å². The van der Waals surface area contributed by atoms with Gasteiger partial charge in [0.2, 0.25) is 0 Å². The maximum Gasteiger partial charge on any atom is 0.0766 e. The second-order valence-corrected chi connectivity index (χ2v) is 4.72. The van der Waals surface area contributed by atoms with Gasteiger partial charge in [-0.15, -0.1) is 0 Å². The van der Waals surface area contributed by atoms with Crippen LogP contribution in [0.3, 0.4) is 0 Å². The van der Waals surface area contributed by atoms with Crippen LogP contribution < -0.4 is 5.73 Å². The zero-order chi connectivity index (χ0) is 12.1. The van der Waals surface area contributed by atoms with E-state index in [0.717, 1.165) is 29.4 Å². The molecular formula is C11H20BrN3O. The normalized spacial score (nSPS) is 13.1. The number of nitrogens with two attached hydrogens (primary N) is 1. The third kappa shape index (κ3) is 3.30. The Hall–Kier alpha value is -0.390. The van der Waals surface area contributed by atoms with Gasteiger partial charge in [0.25, 0.3) is 0 Å². The molecule has 1 rings (SSSR count). The van der Waals surface area contributed by atoms with E-state index in [0.29, 0.717) is 6.61 Å². The van der Waals surface area contributed by atoms with Gasteiger partial charge in [0.15, 0.2) is 0 Å². The van der Waals surface area contributed by atoms with Crippen molar-refractivity contribution in [1.82, 2.24) is 9.78 Å². The summed E-state index contributed by atoms with van der Waals surface area (Å²) in [4.78, 5) is 0. The molecule has 0 fully saturated rings. The van der Waals surface area contributed by atoms with Crippen molar-refractivity contribution in [2.45, 2.75) is 32.2 Å². The van der Waals surface area contributed by atoms with E-state index in [1.54, 1.807) is 7.11 Å². The predicted octanol–water partition coefficient (Wildman–Crippen LogP) is 1.65. The molecule has 0 saturated heterocycles. The van der Waals surface area contributed by atoms with Crippen LogP contribution in [0.5, 0.6) is 0 Å². The van der Waals surface area contributed by atoms with Crippen LogP contribution in [0.25, 0.3) is 0 Å². The first-order valence-corrected chi connectivity index (χ1v) is 6.34. The van der Waals surface area contributed by atoms with E-state index >= 15 is 0 Å². The number of aromatic nitrogens is 2. The molecule has 0 aliphatic heterocycles. The van der Waals surface area contributed by atoms with Gasteiger partial charge in [0.05, 0.1) is 15.9 Å². The highest BCUT2D eigenvalue weighted by atomic mass is 79.9. The highest BCUT2D eigenvalue weighted by Gasteiger charge is 2.15. The maximum absolute atomic E-state index is 6.04. The molecule has 0 aliphatic rings. The number of rotatable bonds is 6. The summed E-state index contributed by atoms with van der Waals surface area (Å²) in [6.45, 7) is 2.80. The summed E-state index contributed by atoms with van der Waals surface area (Å²) in [6, 6.07) is 0.122. The lowest BCUT2D eigenvalue weighted by Gasteiger charge is -2.11. The Morgan fingerprint density at radius 1 is 1.56 bits per heavy atom. The van der Waals surface area contributed by atoms with Crippen LogP contribution in [0.2, 0.25) is 0 Å². The predicted molar refractivity (Wildman–Crippen MR) is 68.5 cm³/mol. The molecule has 0 bridgehead atoms. The Balaban J connectivity index is 2.69. The fourth-order valence-corrected chi connectivity index (χ4v) is 2.44. The van der Waals surface area contributed by atoms with Crippen LogP contribution in [0, 0.1) is 0 Å². The topological polar surface area (TPSA) is 53.1 Å². The Morgan fingerprint density at radius 3 is 2.75 bits per heavy atom. The SMILES string of the molecule is CCc1nn(C)c(CC(N)CCOC)c1Br. The van der Waals surface area contributed by atoms with Crippen molar-refractivity contribution in [2.75, 3.05) is 13.7 Å². The van der Waals surface area contributed by atoms with Crippen LogP contribution in [0.1, 0.15) is 24.7 Å². The first-order chi connectivity index (χ1) is 7.60. The largest absolute Gasteiger partial charge is 0.385 e. The van der Waals surface area contributed by atoms with Crippen molar-refractivity contribution in [3.63, 3.8) is 0 Å². The van der Waals surface area contributed by atoms with Gasteiger partial charge in [-0.25, -0.2) is 0 Å². The standard InChI is InChI=1S/C11H20BrN3O/c1-4-9-11(12)10(15(2)14-9)7-8(13)5-6-16-3/h8H,4-7,13H2,1-3H3. The first kappa shape index (κ1) is 13.7. The fourth-order valence-electron chi connectivity index (χ4n) is 1.66. The average Bonchev–Trinajstić information content (AvgIpc) is 2.53. The van der Waals surface area contributed by atoms with Gasteiger partial charge in [0.1, 0.15) is 0 Å². The summed E-state index contributed by atoms with van der Waals surface area (Å²) in [5, 5.41) is 4.44. The van der Waals surface area contributed by atoms with Crippen molar-refractivity contribution in [2.24, 2.45) is 12.8 Å².